The van der Waals surface area contributed by atoms with E-state index in [9.17, 15) is 14.7 Å². The average Bonchev–Trinajstić information content (AvgIpc) is 2.91. The zero-order chi connectivity index (χ0) is 28.0. The lowest BCUT2D eigenvalue weighted by Crippen LogP contribution is -2.52. The van der Waals surface area contributed by atoms with Crippen molar-refractivity contribution in [1.82, 2.24) is 14.5 Å². The van der Waals surface area contributed by atoms with Crippen LogP contribution in [0.3, 0.4) is 0 Å². The second-order valence-electron chi connectivity index (χ2n) is 10.1. The highest BCUT2D eigenvalue weighted by atomic mass is 19.1. The first kappa shape index (κ1) is 27.0. The van der Waals surface area contributed by atoms with Gasteiger partial charge in [-0.1, -0.05) is 6.92 Å². The number of rotatable bonds is 6. The van der Waals surface area contributed by atoms with Crippen molar-refractivity contribution in [1.29, 1.82) is 0 Å². The second-order valence-corrected chi connectivity index (χ2v) is 10.1. The molecule has 1 fully saturated rings. The first-order valence-corrected chi connectivity index (χ1v) is 13.2. The number of benzene rings is 1. The number of aryl methyl sites for hydroxylation is 2. The largest absolute Gasteiger partial charge is 0.477 e. The van der Waals surface area contributed by atoms with Gasteiger partial charge in [0.05, 0.1) is 23.2 Å². The summed E-state index contributed by atoms with van der Waals surface area (Å²) in [5, 5.41) is 9.09. The first-order chi connectivity index (χ1) is 18.6. The molecule has 2 aliphatic rings. The van der Waals surface area contributed by atoms with Gasteiger partial charge in [0.1, 0.15) is 22.8 Å². The Bertz CT molecular complexity index is 1510. The minimum Gasteiger partial charge on any atom is -0.477 e. The molecule has 1 N–H and O–H groups in total. The number of hydrogen-bond acceptors (Lipinski definition) is 7. The SMILES string of the molecule is CCC1OCc2c(CN3CCN(c4c(F)cc5c(=O)c(C(=O)O)cn(CC)c5c4F)CC3C)cnc(C)c2O1. The van der Waals surface area contributed by atoms with Gasteiger partial charge in [-0.05, 0) is 32.4 Å². The Morgan fingerprint density at radius 3 is 2.69 bits per heavy atom. The molecule has 1 aromatic carbocycles. The summed E-state index contributed by atoms with van der Waals surface area (Å²) >= 11 is 0. The number of aromatic nitrogens is 2. The minimum atomic E-state index is -1.44. The van der Waals surface area contributed by atoms with Crippen LogP contribution in [0.4, 0.5) is 14.5 Å². The summed E-state index contributed by atoms with van der Waals surface area (Å²) in [7, 11) is 0. The van der Waals surface area contributed by atoms with Crippen LogP contribution in [-0.4, -0.2) is 57.5 Å². The molecule has 0 saturated carbocycles. The summed E-state index contributed by atoms with van der Waals surface area (Å²) in [6.07, 6.45) is 3.40. The van der Waals surface area contributed by atoms with Crippen LogP contribution in [0.2, 0.25) is 0 Å². The second kappa shape index (κ2) is 10.5. The zero-order valence-electron chi connectivity index (χ0n) is 22.5. The van der Waals surface area contributed by atoms with Crippen molar-refractivity contribution >= 4 is 22.6 Å². The van der Waals surface area contributed by atoms with Crippen LogP contribution in [-0.2, 0) is 24.4 Å². The van der Waals surface area contributed by atoms with Crippen LogP contribution >= 0.6 is 0 Å². The van der Waals surface area contributed by atoms with Gasteiger partial charge >= 0.3 is 5.97 Å². The first-order valence-electron chi connectivity index (χ1n) is 13.2. The Balaban J connectivity index is 1.42. The van der Waals surface area contributed by atoms with Crippen LogP contribution in [0.25, 0.3) is 10.9 Å². The van der Waals surface area contributed by atoms with E-state index in [1.54, 1.807) is 11.8 Å². The third-order valence-electron chi connectivity index (χ3n) is 7.66. The van der Waals surface area contributed by atoms with E-state index in [0.29, 0.717) is 32.8 Å². The predicted molar refractivity (Wildman–Crippen MR) is 141 cm³/mol. The molecule has 1 saturated heterocycles. The molecule has 4 heterocycles. The van der Waals surface area contributed by atoms with Crippen LogP contribution in [0.15, 0.2) is 23.3 Å². The standard InChI is InChI=1S/C28H32F2N4O5/c1-5-22-38-14-20-17(10-31-16(4)27(20)39-22)12-33-7-8-34(11-15(33)3)25-21(29)9-18-24(23(25)30)32(6-2)13-19(26(18)35)28(36)37/h9-10,13,15,22H,5-8,11-12,14H2,1-4H3,(H,36,37). The number of anilines is 1. The van der Waals surface area contributed by atoms with Crippen molar-refractivity contribution < 1.29 is 28.2 Å². The molecule has 0 aliphatic carbocycles. The fraction of sp³-hybridized carbons (Fsp3) is 0.464. The molecule has 208 valence electrons. The van der Waals surface area contributed by atoms with E-state index >= 15 is 8.78 Å². The Morgan fingerprint density at radius 2 is 2.03 bits per heavy atom. The topological polar surface area (TPSA) is 97.1 Å². The van der Waals surface area contributed by atoms with Gasteiger partial charge in [0.2, 0.25) is 5.43 Å². The molecule has 9 nitrogen and oxygen atoms in total. The lowest BCUT2D eigenvalue weighted by atomic mass is 10.0. The van der Waals surface area contributed by atoms with Crippen molar-refractivity contribution in [2.75, 3.05) is 24.5 Å². The normalized spacial score (nSPS) is 19.7. The molecule has 2 aliphatic heterocycles. The van der Waals surface area contributed by atoms with Crippen molar-refractivity contribution in [3.63, 3.8) is 0 Å². The third kappa shape index (κ3) is 4.74. The quantitative estimate of drug-likeness (QED) is 0.498. The van der Waals surface area contributed by atoms with E-state index in [4.69, 9.17) is 9.47 Å². The molecular formula is C28H32F2N4O5. The highest BCUT2D eigenvalue weighted by molar-refractivity contribution is 5.93. The Labute approximate surface area is 224 Å². The number of ether oxygens (including phenoxy) is 2. The molecule has 0 amide bonds. The Morgan fingerprint density at radius 1 is 1.26 bits per heavy atom. The van der Waals surface area contributed by atoms with Crippen LogP contribution < -0.4 is 15.1 Å². The molecular weight excluding hydrogens is 510 g/mol. The van der Waals surface area contributed by atoms with Gasteiger partial charge in [0.25, 0.3) is 0 Å². The molecule has 0 radical (unpaired) electrons. The lowest BCUT2D eigenvalue weighted by Gasteiger charge is -2.41. The Hall–Kier alpha value is -3.57. The zero-order valence-corrected chi connectivity index (χ0v) is 22.5. The summed E-state index contributed by atoms with van der Waals surface area (Å²) in [6.45, 7) is 10.1. The van der Waals surface area contributed by atoms with E-state index in [1.165, 1.54) is 4.57 Å². The van der Waals surface area contributed by atoms with Crippen molar-refractivity contribution in [3.8, 4) is 5.75 Å². The molecule has 5 rings (SSSR count). The molecule has 0 bridgehead atoms. The molecule has 39 heavy (non-hydrogen) atoms. The van der Waals surface area contributed by atoms with Gasteiger partial charge in [0.15, 0.2) is 12.1 Å². The van der Waals surface area contributed by atoms with Gasteiger partial charge < -0.3 is 24.0 Å². The fourth-order valence-electron chi connectivity index (χ4n) is 5.49. The van der Waals surface area contributed by atoms with E-state index in [0.717, 1.165) is 41.3 Å². The van der Waals surface area contributed by atoms with Crippen molar-refractivity contribution in [2.45, 2.75) is 66.1 Å². The highest BCUT2D eigenvalue weighted by Gasteiger charge is 2.31. The maximum absolute atomic E-state index is 15.9. The molecule has 2 unspecified atom stereocenters. The number of fused-ring (bicyclic) bond motifs is 2. The maximum Gasteiger partial charge on any atom is 0.341 e. The van der Waals surface area contributed by atoms with Gasteiger partial charge in [-0.25, -0.2) is 13.6 Å². The molecule has 2 atom stereocenters. The number of carboxylic acids is 1. The number of carboxylic acid groups (broad SMARTS) is 1. The third-order valence-corrected chi connectivity index (χ3v) is 7.66. The molecule has 11 heteroatoms. The van der Waals surface area contributed by atoms with E-state index in [-0.39, 0.29) is 35.5 Å². The van der Waals surface area contributed by atoms with Gasteiger partial charge in [-0.15, -0.1) is 0 Å². The summed E-state index contributed by atoms with van der Waals surface area (Å²) in [5.74, 6) is -2.42. The molecule has 2 aromatic heterocycles. The van der Waals surface area contributed by atoms with Gasteiger partial charge in [-0.2, -0.15) is 0 Å². The van der Waals surface area contributed by atoms with Crippen LogP contribution in [0, 0.1) is 18.6 Å². The summed E-state index contributed by atoms with van der Waals surface area (Å²) in [5.41, 5.74) is 1.06. The monoisotopic (exact) mass is 542 g/mol. The number of piperazine rings is 1. The van der Waals surface area contributed by atoms with Crippen molar-refractivity contribution in [3.05, 3.63) is 62.7 Å². The maximum atomic E-state index is 15.9. The number of aromatic carboxylic acids is 1. The summed E-state index contributed by atoms with van der Waals surface area (Å²) in [4.78, 5) is 32.6. The summed E-state index contributed by atoms with van der Waals surface area (Å²) in [6, 6.07) is 0.904. The lowest BCUT2D eigenvalue weighted by molar-refractivity contribution is -0.109. The minimum absolute atomic E-state index is 0.0539. The predicted octanol–water partition coefficient (Wildman–Crippen LogP) is 4.06. The van der Waals surface area contributed by atoms with Crippen molar-refractivity contribution in [2.24, 2.45) is 0 Å². The van der Waals surface area contributed by atoms with Gasteiger partial charge in [0, 0.05) is 63.1 Å². The van der Waals surface area contributed by atoms with E-state index in [2.05, 4.69) is 9.88 Å². The van der Waals surface area contributed by atoms with E-state index in [1.807, 2.05) is 27.0 Å². The fourth-order valence-corrected chi connectivity index (χ4v) is 5.49. The van der Waals surface area contributed by atoms with Gasteiger partial charge in [-0.3, -0.25) is 14.7 Å². The number of pyridine rings is 2. The number of nitrogens with zero attached hydrogens (tertiary/aromatic N) is 4. The Kier molecular flexibility index (Phi) is 7.30. The smallest absolute Gasteiger partial charge is 0.341 e. The molecule has 3 aromatic rings. The highest BCUT2D eigenvalue weighted by Crippen LogP contribution is 2.35. The van der Waals surface area contributed by atoms with E-state index < -0.39 is 28.6 Å². The average molecular weight is 543 g/mol. The number of carbonyl (C=O) groups is 1. The number of halogens is 2. The van der Waals surface area contributed by atoms with Crippen LogP contribution in [0.1, 0.15) is 54.4 Å². The molecule has 0 spiro atoms. The number of hydrogen-bond donors (Lipinski definition) is 1. The van der Waals surface area contributed by atoms with Crippen LogP contribution in [0.5, 0.6) is 5.75 Å². The summed E-state index contributed by atoms with van der Waals surface area (Å²) < 4.78 is 44.4.